The number of nitrogens with one attached hydrogen (secondary N) is 3. The lowest BCUT2D eigenvalue weighted by Crippen LogP contribution is -2.32. The molecule has 5 heteroatoms. The number of aryl methyl sites for hydroxylation is 1. The molecule has 0 saturated heterocycles. The fourth-order valence-corrected chi connectivity index (χ4v) is 1.57. The molecule has 1 aromatic rings. The summed E-state index contributed by atoms with van der Waals surface area (Å²) in [5.41, 5.74) is 2.39. The van der Waals surface area contributed by atoms with Crippen molar-refractivity contribution in [3.63, 3.8) is 0 Å². The largest absolute Gasteiger partial charge is 0.326 e. The van der Waals surface area contributed by atoms with Crippen LogP contribution in [0.5, 0.6) is 0 Å². The van der Waals surface area contributed by atoms with Gasteiger partial charge in [0, 0.05) is 24.3 Å². The van der Waals surface area contributed by atoms with Gasteiger partial charge in [-0.05, 0) is 30.7 Å². The van der Waals surface area contributed by atoms with Crippen LogP contribution in [-0.4, -0.2) is 24.4 Å². The van der Waals surface area contributed by atoms with E-state index in [1.54, 1.807) is 12.1 Å². The topological polar surface area (TPSA) is 70.2 Å². The first-order chi connectivity index (χ1) is 8.88. The Morgan fingerprint density at radius 2 is 1.89 bits per heavy atom. The maximum absolute atomic E-state index is 11.6. The molecule has 0 bridgehead atoms. The number of rotatable bonds is 5. The second kappa shape index (κ2) is 6.89. The second-order valence-corrected chi connectivity index (χ2v) is 4.79. The van der Waals surface area contributed by atoms with E-state index in [9.17, 15) is 9.59 Å². The first-order valence-corrected chi connectivity index (χ1v) is 6.30. The van der Waals surface area contributed by atoms with E-state index >= 15 is 0 Å². The van der Waals surface area contributed by atoms with Crippen molar-refractivity contribution in [1.82, 2.24) is 5.32 Å². The van der Waals surface area contributed by atoms with Gasteiger partial charge in [0.15, 0.2) is 0 Å². The van der Waals surface area contributed by atoms with Gasteiger partial charge in [-0.25, -0.2) is 0 Å². The molecule has 0 aliphatic carbocycles. The normalized spacial score (nSPS) is 10.4. The van der Waals surface area contributed by atoms with Gasteiger partial charge in [-0.2, -0.15) is 0 Å². The van der Waals surface area contributed by atoms with E-state index in [-0.39, 0.29) is 24.4 Å². The molecule has 0 spiro atoms. The molecule has 0 heterocycles. The Hall–Kier alpha value is -1.88. The number of carbonyl (C=O) groups excluding carboxylic acids is 2. The van der Waals surface area contributed by atoms with Gasteiger partial charge in [-0.3, -0.25) is 9.59 Å². The molecule has 0 atom stereocenters. The highest BCUT2D eigenvalue weighted by Gasteiger charge is 2.05. The predicted molar refractivity (Wildman–Crippen MR) is 77.3 cm³/mol. The Bertz CT molecular complexity index is 470. The lowest BCUT2D eigenvalue weighted by Gasteiger charge is -2.11. The van der Waals surface area contributed by atoms with Gasteiger partial charge in [0.1, 0.15) is 0 Å². The van der Waals surface area contributed by atoms with Crippen molar-refractivity contribution >= 4 is 23.2 Å². The van der Waals surface area contributed by atoms with E-state index in [0.29, 0.717) is 0 Å². The van der Waals surface area contributed by atoms with Gasteiger partial charge < -0.3 is 16.0 Å². The van der Waals surface area contributed by atoms with Crippen molar-refractivity contribution in [1.29, 1.82) is 0 Å². The third kappa shape index (κ3) is 5.52. The smallest absolute Gasteiger partial charge is 0.238 e. The highest BCUT2D eigenvalue weighted by Crippen LogP contribution is 2.19. The zero-order chi connectivity index (χ0) is 14.4. The summed E-state index contributed by atoms with van der Waals surface area (Å²) in [7, 11) is 0. The minimum Gasteiger partial charge on any atom is -0.326 e. The number of hydrogen-bond acceptors (Lipinski definition) is 3. The third-order valence-electron chi connectivity index (χ3n) is 2.49. The summed E-state index contributed by atoms with van der Waals surface area (Å²) < 4.78 is 0. The molecular formula is C14H21N3O2. The zero-order valence-corrected chi connectivity index (χ0v) is 11.8. The molecule has 1 rings (SSSR count). The van der Waals surface area contributed by atoms with Gasteiger partial charge in [-0.15, -0.1) is 0 Å². The van der Waals surface area contributed by atoms with Crippen LogP contribution in [0.2, 0.25) is 0 Å². The molecule has 0 radical (unpaired) electrons. The van der Waals surface area contributed by atoms with E-state index in [2.05, 4.69) is 16.0 Å². The molecule has 2 amide bonds. The summed E-state index contributed by atoms with van der Waals surface area (Å²) >= 11 is 0. The zero-order valence-electron chi connectivity index (χ0n) is 11.8. The van der Waals surface area contributed by atoms with Crippen LogP contribution in [0.3, 0.4) is 0 Å². The molecule has 0 aromatic heterocycles. The van der Waals surface area contributed by atoms with Gasteiger partial charge in [-0.1, -0.05) is 13.8 Å². The van der Waals surface area contributed by atoms with Crippen molar-refractivity contribution in [2.24, 2.45) is 0 Å². The van der Waals surface area contributed by atoms with E-state index in [1.165, 1.54) is 6.92 Å². The van der Waals surface area contributed by atoms with Gasteiger partial charge in [0.2, 0.25) is 11.8 Å². The molecule has 19 heavy (non-hydrogen) atoms. The lowest BCUT2D eigenvalue weighted by atomic mass is 10.1. The summed E-state index contributed by atoms with van der Waals surface area (Å²) in [6.45, 7) is 7.60. The van der Waals surface area contributed by atoms with Crippen molar-refractivity contribution in [3.05, 3.63) is 23.8 Å². The Labute approximate surface area is 113 Å². The van der Waals surface area contributed by atoms with Gasteiger partial charge in [0.05, 0.1) is 6.54 Å². The molecule has 0 unspecified atom stereocenters. The minimum absolute atomic E-state index is 0.0830. The van der Waals surface area contributed by atoms with Crippen LogP contribution in [0, 0.1) is 6.92 Å². The Kier molecular flexibility index (Phi) is 5.51. The summed E-state index contributed by atoms with van der Waals surface area (Å²) in [4.78, 5) is 22.6. The van der Waals surface area contributed by atoms with Crippen LogP contribution in [-0.2, 0) is 9.59 Å². The van der Waals surface area contributed by atoms with Crippen LogP contribution in [0.25, 0.3) is 0 Å². The molecule has 0 aliphatic heterocycles. The third-order valence-corrected chi connectivity index (χ3v) is 2.49. The molecule has 1 aromatic carbocycles. The molecule has 5 nitrogen and oxygen atoms in total. The van der Waals surface area contributed by atoms with E-state index in [0.717, 1.165) is 16.9 Å². The minimum atomic E-state index is -0.110. The molecule has 3 N–H and O–H groups in total. The number of anilines is 2. The standard InChI is InChI=1S/C14H21N3O2/c1-9(2)15-8-14(19)17-12-5-6-13(10(3)7-12)16-11(4)18/h5-7,9,15H,8H2,1-4H3,(H,16,18)(H,17,19). The van der Waals surface area contributed by atoms with Crippen LogP contribution in [0.15, 0.2) is 18.2 Å². The quantitative estimate of drug-likeness (QED) is 0.759. The number of benzene rings is 1. The predicted octanol–water partition coefficient (Wildman–Crippen LogP) is 1.89. The average molecular weight is 263 g/mol. The van der Waals surface area contributed by atoms with Crippen LogP contribution >= 0.6 is 0 Å². The summed E-state index contributed by atoms with van der Waals surface area (Å²) in [5, 5.41) is 8.58. The first-order valence-electron chi connectivity index (χ1n) is 6.30. The Morgan fingerprint density at radius 3 is 2.42 bits per heavy atom. The first kappa shape index (κ1) is 15.2. The maximum Gasteiger partial charge on any atom is 0.238 e. The molecular weight excluding hydrogens is 242 g/mol. The fourth-order valence-electron chi connectivity index (χ4n) is 1.57. The van der Waals surface area contributed by atoms with E-state index < -0.39 is 0 Å². The van der Waals surface area contributed by atoms with E-state index in [4.69, 9.17) is 0 Å². The molecule has 0 fully saturated rings. The van der Waals surface area contributed by atoms with Gasteiger partial charge >= 0.3 is 0 Å². The van der Waals surface area contributed by atoms with Crippen molar-refractivity contribution in [2.45, 2.75) is 33.7 Å². The summed E-state index contributed by atoms with van der Waals surface area (Å²) in [5.74, 6) is -0.193. The SMILES string of the molecule is CC(=O)Nc1ccc(NC(=O)CNC(C)C)cc1C. The molecule has 0 aliphatic rings. The maximum atomic E-state index is 11.6. The van der Waals surface area contributed by atoms with Crippen molar-refractivity contribution in [3.8, 4) is 0 Å². The number of carbonyl (C=O) groups is 2. The number of hydrogen-bond donors (Lipinski definition) is 3. The fraction of sp³-hybridized carbons (Fsp3) is 0.429. The highest BCUT2D eigenvalue weighted by molar-refractivity contribution is 5.93. The molecule has 0 saturated carbocycles. The summed E-state index contributed by atoms with van der Waals surface area (Å²) in [6, 6.07) is 5.65. The van der Waals surface area contributed by atoms with Crippen LogP contribution in [0.1, 0.15) is 26.3 Å². The average Bonchev–Trinajstić information content (AvgIpc) is 2.29. The van der Waals surface area contributed by atoms with Gasteiger partial charge in [0.25, 0.3) is 0 Å². The molecule has 104 valence electrons. The van der Waals surface area contributed by atoms with Crippen LogP contribution in [0.4, 0.5) is 11.4 Å². The monoisotopic (exact) mass is 263 g/mol. The highest BCUT2D eigenvalue weighted by atomic mass is 16.2. The lowest BCUT2D eigenvalue weighted by molar-refractivity contribution is -0.115. The van der Waals surface area contributed by atoms with Crippen LogP contribution < -0.4 is 16.0 Å². The van der Waals surface area contributed by atoms with E-state index in [1.807, 2.05) is 26.8 Å². The number of amides is 2. The van der Waals surface area contributed by atoms with Crippen molar-refractivity contribution in [2.75, 3.05) is 17.2 Å². The van der Waals surface area contributed by atoms with Crippen molar-refractivity contribution < 1.29 is 9.59 Å². The summed E-state index contributed by atoms with van der Waals surface area (Å²) in [6.07, 6.45) is 0. The Morgan fingerprint density at radius 1 is 1.21 bits per heavy atom. The Balaban J connectivity index is 2.63. The second-order valence-electron chi connectivity index (χ2n) is 4.79.